The standard InChI is InChI=1S/C24H25FN6O3S/c1-4-22(32)31-35(33,34)21-13-19(9-7-15(21)2)29-24-27-14-20(25)23(30-24)28-18-10-8-17(6-5-11-26)16(3)12-18/h7-10,12-14H,4-6H2,1-3H3,(H,31,32)(H2,27,28,29,30). The Morgan fingerprint density at radius 3 is 2.49 bits per heavy atom. The number of rotatable bonds is 9. The van der Waals surface area contributed by atoms with Crippen LogP contribution in [0.4, 0.5) is 27.5 Å². The molecule has 0 atom stereocenters. The molecule has 3 N–H and O–H groups in total. The van der Waals surface area contributed by atoms with E-state index < -0.39 is 21.7 Å². The summed E-state index contributed by atoms with van der Waals surface area (Å²) in [5, 5.41) is 14.6. The van der Waals surface area contributed by atoms with E-state index in [1.807, 2.05) is 23.8 Å². The van der Waals surface area contributed by atoms with E-state index in [2.05, 4.69) is 26.7 Å². The number of nitrogens with one attached hydrogen (secondary N) is 3. The minimum Gasteiger partial charge on any atom is -0.338 e. The highest BCUT2D eigenvalue weighted by Gasteiger charge is 2.20. The van der Waals surface area contributed by atoms with Crippen molar-refractivity contribution < 1.29 is 17.6 Å². The van der Waals surface area contributed by atoms with Crippen molar-refractivity contribution in [2.75, 3.05) is 10.6 Å². The van der Waals surface area contributed by atoms with Gasteiger partial charge in [0.2, 0.25) is 11.9 Å². The van der Waals surface area contributed by atoms with Crippen LogP contribution in [-0.2, 0) is 21.2 Å². The Bertz CT molecular complexity index is 1400. The predicted octanol–water partition coefficient (Wildman–Crippen LogP) is 4.39. The van der Waals surface area contributed by atoms with Gasteiger partial charge in [-0.3, -0.25) is 4.79 Å². The molecule has 0 aliphatic rings. The summed E-state index contributed by atoms with van der Waals surface area (Å²) in [5.74, 6) is -1.31. The Labute approximate surface area is 203 Å². The van der Waals surface area contributed by atoms with Gasteiger partial charge in [-0.2, -0.15) is 10.2 Å². The fraction of sp³-hybridized carbons (Fsp3) is 0.250. The first-order chi connectivity index (χ1) is 16.6. The molecule has 3 rings (SSSR count). The first-order valence-corrected chi connectivity index (χ1v) is 12.3. The molecule has 2 aromatic carbocycles. The van der Waals surface area contributed by atoms with Gasteiger partial charge in [0.15, 0.2) is 11.6 Å². The quantitative estimate of drug-likeness (QED) is 0.397. The number of aromatic nitrogens is 2. The minimum atomic E-state index is -4.06. The SMILES string of the molecule is CCC(=O)NS(=O)(=O)c1cc(Nc2ncc(F)c(Nc3ccc(CCC#N)c(C)c3)n2)ccc1C. The lowest BCUT2D eigenvalue weighted by molar-refractivity contribution is -0.119. The zero-order valence-corrected chi connectivity index (χ0v) is 20.3. The van der Waals surface area contributed by atoms with Crippen LogP contribution < -0.4 is 15.4 Å². The van der Waals surface area contributed by atoms with Gasteiger partial charge in [-0.05, 0) is 61.2 Å². The molecule has 0 radical (unpaired) electrons. The lowest BCUT2D eigenvalue weighted by Crippen LogP contribution is -2.30. The van der Waals surface area contributed by atoms with Gasteiger partial charge in [0, 0.05) is 24.2 Å². The summed E-state index contributed by atoms with van der Waals surface area (Å²) in [7, 11) is -4.06. The molecule has 0 fully saturated rings. The first kappa shape index (κ1) is 25.6. The second-order valence-corrected chi connectivity index (χ2v) is 9.45. The summed E-state index contributed by atoms with van der Waals surface area (Å²) in [6.45, 7) is 5.07. The van der Waals surface area contributed by atoms with Crippen LogP contribution in [0.15, 0.2) is 47.5 Å². The third-order valence-corrected chi connectivity index (χ3v) is 6.67. The maximum Gasteiger partial charge on any atom is 0.264 e. The van der Waals surface area contributed by atoms with E-state index in [0.717, 1.165) is 17.3 Å². The minimum absolute atomic E-state index is 0.0253. The van der Waals surface area contributed by atoms with Crippen LogP contribution >= 0.6 is 0 Å². The highest BCUT2D eigenvalue weighted by atomic mass is 32.2. The molecular weight excluding hydrogens is 471 g/mol. The number of nitrogens with zero attached hydrogens (tertiary/aromatic N) is 3. The summed E-state index contributed by atoms with van der Waals surface area (Å²) in [6.07, 6.45) is 2.07. The molecule has 0 spiro atoms. The van der Waals surface area contributed by atoms with Crippen LogP contribution in [0.25, 0.3) is 0 Å². The van der Waals surface area contributed by atoms with Gasteiger partial charge in [-0.25, -0.2) is 22.5 Å². The van der Waals surface area contributed by atoms with Crippen LogP contribution in [0.5, 0.6) is 0 Å². The molecule has 0 saturated heterocycles. The van der Waals surface area contributed by atoms with Crippen molar-refractivity contribution in [1.82, 2.24) is 14.7 Å². The fourth-order valence-corrected chi connectivity index (χ4v) is 4.60. The molecule has 0 bridgehead atoms. The van der Waals surface area contributed by atoms with Crippen molar-refractivity contribution in [2.45, 2.75) is 44.9 Å². The number of nitriles is 1. The number of hydrogen-bond donors (Lipinski definition) is 3. The monoisotopic (exact) mass is 496 g/mol. The number of benzene rings is 2. The highest BCUT2D eigenvalue weighted by molar-refractivity contribution is 7.90. The number of aryl methyl sites for hydroxylation is 3. The van der Waals surface area contributed by atoms with E-state index in [1.54, 1.807) is 32.0 Å². The third-order valence-electron chi connectivity index (χ3n) is 5.16. The third kappa shape index (κ3) is 6.51. The van der Waals surface area contributed by atoms with Gasteiger partial charge in [0.25, 0.3) is 10.0 Å². The van der Waals surface area contributed by atoms with E-state index in [9.17, 15) is 17.6 Å². The van der Waals surface area contributed by atoms with E-state index in [-0.39, 0.29) is 23.1 Å². The van der Waals surface area contributed by atoms with Crippen LogP contribution in [0.1, 0.15) is 36.5 Å². The van der Waals surface area contributed by atoms with Gasteiger partial charge >= 0.3 is 0 Å². The maximum absolute atomic E-state index is 14.4. The summed E-state index contributed by atoms with van der Waals surface area (Å²) in [6, 6.07) is 12.2. The topological polar surface area (TPSA) is 137 Å². The zero-order valence-electron chi connectivity index (χ0n) is 19.5. The summed E-state index contributed by atoms with van der Waals surface area (Å²) in [5.41, 5.74) is 3.39. The van der Waals surface area contributed by atoms with Gasteiger partial charge in [0.05, 0.1) is 17.2 Å². The molecule has 0 aliphatic carbocycles. The Hall–Kier alpha value is -4.04. The Balaban J connectivity index is 1.83. The average Bonchev–Trinajstić information content (AvgIpc) is 2.81. The van der Waals surface area contributed by atoms with Gasteiger partial charge < -0.3 is 10.6 Å². The highest BCUT2D eigenvalue weighted by Crippen LogP contribution is 2.25. The number of carbonyl (C=O) groups excluding carboxylic acids is 1. The van der Waals surface area contributed by atoms with E-state index in [0.29, 0.717) is 29.8 Å². The first-order valence-electron chi connectivity index (χ1n) is 10.8. The normalized spacial score (nSPS) is 10.9. The number of hydrogen-bond acceptors (Lipinski definition) is 8. The maximum atomic E-state index is 14.4. The summed E-state index contributed by atoms with van der Waals surface area (Å²) >= 11 is 0. The van der Waals surface area contributed by atoms with Crippen molar-refractivity contribution in [3.63, 3.8) is 0 Å². The molecule has 0 saturated carbocycles. The second kappa shape index (κ2) is 10.9. The smallest absolute Gasteiger partial charge is 0.264 e. The van der Waals surface area contributed by atoms with Crippen LogP contribution in [0.3, 0.4) is 0 Å². The molecule has 1 heterocycles. The van der Waals surface area contributed by atoms with Crippen LogP contribution in [0, 0.1) is 31.0 Å². The van der Waals surface area contributed by atoms with Crippen LogP contribution in [-0.4, -0.2) is 24.3 Å². The molecule has 35 heavy (non-hydrogen) atoms. The molecular formula is C24H25FN6O3S. The summed E-state index contributed by atoms with van der Waals surface area (Å²) in [4.78, 5) is 19.6. The van der Waals surface area contributed by atoms with E-state index >= 15 is 0 Å². The Morgan fingerprint density at radius 2 is 1.80 bits per heavy atom. The number of halogens is 1. The fourth-order valence-electron chi connectivity index (χ4n) is 3.27. The van der Waals surface area contributed by atoms with Crippen molar-refractivity contribution in [2.24, 2.45) is 0 Å². The lowest BCUT2D eigenvalue weighted by Gasteiger charge is -2.13. The average molecular weight is 497 g/mol. The molecule has 0 unspecified atom stereocenters. The van der Waals surface area contributed by atoms with Crippen molar-refractivity contribution in [3.05, 3.63) is 65.1 Å². The number of sulfonamides is 1. The molecule has 1 amide bonds. The molecule has 9 nitrogen and oxygen atoms in total. The lowest BCUT2D eigenvalue weighted by atomic mass is 10.0. The second-order valence-electron chi connectivity index (χ2n) is 7.80. The molecule has 11 heteroatoms. The largest absolute Gasteiger partial charge is 0.338 e. The Morgan fingerprint density at radius 1 is 1.09 bits per heavy atom. The molecule has 1 aromatic heterocycles. The number of carbonyl (C=O) groups is 1. The summed E-state index contributed by atoms with van der Waals surface area (Å²) < 4.78 is 41.6. The van der Waals surface area contributed by atoms with Crippen molar-refractivity contribution in [1.29, 1.82) is 5.26 Å². The van der Waals surface area contributed by atoms with Gasteiger partial charge in [0.1, 0.15) is 0 Å². The van der Waals surface area contributed by atoms with Crippen molar-refractivity contribution >= 4 is 39.1 Å². The zero-order chi connectivity index (χ0) is 25.6. The van der Waals surface area contributed by atoms with Gasteiger partial charge in [-0.15, -0.1) is 0 Å². The van der Waals surface area contributed by atoms with E-state index in [1.165, 1.54) is 6.07 Å². The number of anilines is 4. The Kier molecular flexibility index (Phi) is 7.98. The van der Waals surface area contributed by atoms with Crippen molar-refractivity contribution in [3.8, 4) is 6.07 Å². The molecule has 3 aromatic rings. The van der Waals surface area contributed by atoms with Gasteiger partial charge in [-0.1, -0.05) is 19.1 Å². The van der Waals surface area contributed by atoms with E-state index in [4.69, 9.17) is 5.26 Å². The number of amides is 1. The van der Waals surface area contributed by atoms with Crippen LogP contribution in [0.2, 0.25) is 0 Å². The molecule has 182 valence electrons. The predicted molar refractivity (Wildman–Crippen MR) is 130 cm³/mol. The molecule has 0 aliphatic heterocycles.